The zero-order valence-electron chi connectivity index (χ0n) is 8.07. The number of fused-ring (bicyclic) bond motifs is 1. The summed E-state index contributed by atoms with van der Waals surface area (Å²) in [7, 11) is 0. The molecule has 0 saturated heterocycles. The SMILES string of the molecule is OC(CCl)Nc1ccc2c(c1)OCCO2. The topological polar surface area (TPSA) is 50.7 Å². The molecule has 15 heavy (non-hydrogen) atoms. The monoisotopic (exact) mass is 229 g/mol. The molecule has 2 rings (SSSR count). The first-order valence-corrected chi connectivity index (χ1v) is 5.23. The highest BCUT2D eigenvalue weighted by Crippen LogP contribution is 2.32. The number of alkyl halides is 1. The van der Waals surface area contributed by atoms with Crippen molar-refractivity contribution in [2.45, 2.75) is 6.23 Å². The molecule has 0 aliphatic carbocycles. The van der Waals surface area contributed by atoms with Crippen molar-refractivity contribution in [2.24, 2.45) is 0 Å². The predicted octanol–water partition coefficient (Wildman–Crippen LogP) is 1.43. The van der Waals surface area contributed by atoms with Crippen molar-refractivity contribution in [3.05, 3.63) is 18.2 Å². The van der Waals surface area contributed by atoms with Crippen LogP contribution in [0.4, 0.5) is 5.69 Å². The minimum absolute atomic E-state index is 0.133. The number of aliphatic hydroxyl groups is 1. The molecule has 0 spiro atoms. The van der Waals surface area contributed by atoms with Gasteiger partial charge in [0.15, 0.2) is 11.5 Å². The number of rotatable bonds is 3. The molecule has 1 aromatic rings. The summed E-state index contributed by atoms with van der Waals surface area (Å²) >= 11 is 5.48. The Morgan fingerprint density at radius 2 is 2.07 bits per heavy atom. The van der Waals surface area contributed by atoms with E-state index in [9.17, 15) is 5.11 Å². The lowest BCUT2D eigenvalue weighted by Crippen LogP contribution is -2.20. The zero-order valence-corrected chi connectivity index (χ0v) is 8.83. The van der Waals surface area contributed by atoms with Crippen LogP contribution >= 0.6 is 11.6 Å². The zero-order chi connectivity index (χ0) is 10.7. The van der Waals surface area contributed by atoms with Gasteiger partial charge < -0.3 is 19.9 Å². The van der Waals surface area contributed by atoms with E-state index in [1.54, 1.807) is 12.1 Å². The maximum Gasteiger partial charge on any atom is 0.163 e. The van der Waals surface area contributed by atoms with Crippen LogP contribution in [-0.2, 0) is 0 Å². The van der Waals surface area contributed by atoms with Gasteiger partial charge in [-0.1, -0.05) is 0 Å². The Morgan fingerprint density at radius 3 is 2.80 bits per heavy atom. The molecule has 1 aliphatic rings. The molecule has 2 N–H and O–H groups in total. The number of hydrogen-bond donors (Lipinski definition) is 2. The Hall–Kier alpha value is -1.13. The molecule has 0 fully saturated rings. The largest absolute Gasteiger partial charge is 0.486 e. The summed E-state index contributed by atoms with van der Waals surface area (Å²) in [5, 5.41) is 12.1. The van der Waals surface area contributed by atoms with E-state index in [-0.39, 0.29) is 5.88 Å². The number of hydrogen-bond acceptors (Lipinski definition) is 4. The Labute approximate surface area is 92.8 Å². The van der Waals surface area contributed by atoms with E-state index in [0.29, 0.717) is 19.0 Å². The smallest absolute Gasteiger partial charge is 0.163 e. The van der Waals surface area contributed by atoms with E-state index in [0.717, 1.165) is 11.4 Å². The van der Waals surface area contributed by atoms with E-state index in [1.807, 2.05) is 6.07 Å². The number of aliphatic hydroxyl groups excluding tert-OH is 1. The molecule has 4 nitrogen and oxygen atoms in total. The number of anilines is 1. The van der Waals surface area contributed by atoms with Gasteiger partial charge in [0.1, 0.15) is 19.4 Å². The molecule has 0 radical (unpaired) electrons. The lowest BCUT2D eigenvalue weighted by atomic mass is 10.2. The van der Waals surface area contributed by atoms with Crippen LogP contribution in [0.1, 0.15) is 0 Å². The van der Waals surface area contributed by atoms with Crippen molar-refractivity contribution in [3.63, 3.8) is 0 Å². The van der Waals surface area contributed by atoms with Crippen LogP contribution in [0.25, 0.3) is 0 Å². The minimum atomic E-state index is -0.755. The van der Waals surface area contributed by atoms with Crippen molar-refractivity contribution in [3.8, 4) is 11.5 Å². The Morgan fingerprint density at radius 1 is 1.33 bits per heavy atom. The van der Waals surface area contributed by atoms with Crippen LogP contribution in [0, 0.1) is 0 Å². The molecule has 1 unspecified atom stereocenters. The average Bonchev–Trinajstić information content (AvgIpc) is 2.29. The van der Waals surface area contributed by atoms with Gasteiger partial charge in [0.05, 0.1) is 5.88 Å². The van der Waals surface area contributed by atoms with Crippen molar-refractivity contribution < 1.29 is 14.6 Å². The van der Waals surface area contributed by atoms with Crippen LogP contribution in [0.3, 0.4) is 0 Å². The maximum absolute atomic E-state index is 9.30. The molecule has 1 aromatic carbocycles. The van der Waals surface area contributed by atoms with E-state index in [1.165, 1.54) is 0 Å². The van der Waals surface area contributed by atoms with E-state index >= 15 is 0 Å². The fraction of sp³-hybridized carbons (Fsp3) is 0.400. The van der Waals surface area contributed by atoms with Crippen LogP contribution in [0.5, 0.6) is 11.5 Å². The first kappa shape index (κ1) is 10.4. The molecule has 0 saturated carbocycles. The second-order valence-electron chi connectivity index (χ2n) is 3.17. The summed E-state index contributed by atoms with van der Waals surface area (Å²) in [6.45, 7) is 1.12. The number of ether oxygens (including phenoxy) is 2. The molecule has 82 valence electrons. The maximum atomic E-state index is 9.30. The number of halogens is 1. The second-order valence-corrected chi connectivity index (χ2v) is 3.48. The van der Waals surface area contributed by atoms with Crippen molar-refractivity contribution >= 4 is 17.3 Å². The van der Waals surface area contributed by atoms with Gasteiger partial charge in [-0.25, -0.2) is 0 Å². The minimum Gasteiger partial charge on any atom is -0.486 e. The Kier molecular flexibility index (Phi) is 3.18. The molecular weight excluding hydrogens is 218 g/mol. The predicted molar refractivity (Wildman–Crippen MR) is 57.8 cm³/mol. The molecule has 0 bridgehead atoms. The summed E-state index contributed by atoms with van der Waals surface area (Å²) in [5.41, 5.74) is 0.757. The lowest BCUT2D eigenvalue weighted by Gasteiger charge is -2.19. The Balaban J connectivity index is 2.13. The summed E-state index contributed by atoms with van der Waals surface area (Å²) in [6.07, 6.45) is -0.755. The summed E-state index contributed by atoms with van der Waals surface area (Å²) < 4.78 is 10.8. The molecule has 5 heteroatoms. The highest BCUT2D eigenvalue weighted by atomic mass is 35.5. The third-order valence-corrected chi connectivity index (χ3v) is 2.31. The van der Waals surface area contributed by atoms with Crippen LogP contribution in [-0.4, -0.2) is 30.4 Å². The standard InChI is InChI=1S/C10H12ClNO3/c11-6-10(13)12-7-1-2-8-9(5-7)15-4-3-14-8/h1-2,5,10,12-13H,3-4,6H2. The van der Waals surface area contributed by atoms with Gasteiger partial charge in [-0.05, 0) is 12.1 Å². The average molecular weight is 230 g/mol. The highest BCUT2D eigenvalue weighted by molar-refractivity contribution is 6.18. The van der Waals surface area contributed by atoms with Crippen molar-refractivity contribution in [1.82, 2.24) is 0 Å². The number of nitrogens with one attached hydrogen (secondary N) is 1. The molecule has 0 amide bonds. The molecule has 0 aromatic heterocycles. The van der Waals surface area contributed by atoms with Gasteiger partial charge in [-0.15, -0.1) is 11.6 Å². The molecular formula is C10H12ClNO3. The molecule has 1 atom stereocenters. The van der Waals surface area contributed by atoms with Gasteiger partial charge in [-0.3, -0.25) is 0 Å². The lowest BCUT2D eigenvalue weighted by molar-refractivity contribution is 0.171. The van der Waals surface area contributed by atoms with Crippen molar-refractivity contribution in [1.29, 1.82) is 0 Å². The van der Waals surface area contributed by atoms with Gasteiger partial charge in [-0.2, -0.15) is 0 Å². The number of benzene rings is 1. The van der Waals surface area contributed by atoms with E-state index < -0.39 is 6.23 Å². The first-order valence-electron chi connectivity index (χ1n) is 4.70. The normalized spacial score (nSPS) is 15.9. The van der Waals surface area contributed by atoms with Gasteiger partial charge >= 0.3 is 0 Å². The third-order valence-electron chi connectivity index (χ3n) is 2.02. The quantitative estimate of drug-likeness (QED) is 0.608. The highest BCUT2D eigenvalue weighted by Gasteiger charge is 2.12. The van der Waals surface area contributed by atoms with Crippen LogP contribution < -0.4 is 14.8 Å². The summed E-state index contributed by atoms with van der Waals surface area (Å²) in [6, 6.07) is 5.39. The second kappa shape index (κ2) is 4.59. The van der Waals surface area contributed by atoms with E-state index in [4.69, 9.17) is 21.1 Å². The summed E-state index contributed by atoms with van der Waals surface area (Å²) in [5.74, 6) is 1.55. The van der Waals surface area contributed by atoms with Gasteiger partial charge in [0, 0.05) is 11.8 Å². The van der Waals surface area contributed by atoms with Gasteiger partial charge in [0.2, 0.25) is 0 Å². The third kappa shape index (κ3) is 2.46. The van der Waals surface area contributed by atoms with Gasteiger partial charge in [0.25, 0.3) is 0 Å². The van der Waals surface area contributed by atoms with Crippen molar-refractivity contribution in [2.75, 3.05) is 24.4 Å². The molecule has 1 heterocycles. The Bertz CT molecular complexity index is 345. The van der Waals surface area contributed by atoms with Crippen LogP contribution in [0.2, 0.25) is 0 Å². The first-order chi connectivity index (χ1) is 7.29. The van der Waals surface area contributed by atoms with Crippen LogP contribution in [0.15, 0.2) is 18.2 Å². The summed E-state index contributed by atoms with van der Waals surface area (Å²) in [4.78, 5) is 0. The fourth-order valence-corrected chi connectivity index (χ4v) is 1.44. The van der Waals surface area contributed by atoms with E-state index in [2.05, 4.69) is 5.32 Å². The fourth-order valence-electron chi connectivity index (χ4n) is 1.36. The molecule has 1 aliphatic heterocycles.